The third kappa shape index (κ3) is 9.60. The Kier molecular flexibility index (Phi) is 10.5. The summed E-state index contributed by atoms with van der Waals surface area (Å²) in [5.41, 5.74) is -3.48. The van der Waals surface area contributed by atoms with Crippen LogP contribution in [0.25, 0.3) is 0 Å². The van der Waals surface area contributed by atoms with Crippen LogP contribution in [0.4, 0.5) is 47.3 Å². The zero-order valence-electron chi connectivity index (χ0n) is 21.7. The highest BCUT2D eigenvalue weighted by Gasteiger charge is 2.37. The second-order valence-electron chi connectivity index (χ2n) is 9.99. The maximum absolute atomic E-state index is 12.8. The number of rotatable bonds is 2. The lowest BCUT2D eigenvalue weighted by atomic mass is 9.90. The van der Waals surface area contributed by atoms with E-state index >= 15 is 0 Å². The molecule has 2 amide bonds. The van der Waals surface area contributed by atoms with Crippen LogP contribution in [0.15, 0.2) is 12.1 Å². The van der Waals surface area contributed by atoms with Gasteiger partial charge in [-0.3, -0.25) is 10.6 Å². The van der Waals surface area contributed by atoms with Crippen molar-refractivity contribution in [3.05, 3.63) is 45.0 Å². The fraction of sp³-hybridized carbons (Fsp3) is 0.478. The van der Waals surface area contributed by atoms with Gasteiger partial charge in [0.1, 0.15) is 10.3 Å². The van der Waals surface area contributed by atoms with Gasteiger partial charge in [0.15, 0.2) is 0 Å². The molecule has 2 aromatic rings. The minimum atomic E-state index is -4.70. The predicted molar refractivity (Wildman–Crippen MR) is 134 cm³/mol. The van der Waals surface area contributed by atoms with Gasteiger partial charge in [-0.05, 0) is 12.1 Å². The Morgan fingerprint density at radius 2 is 1.10 bits per heavy atom. The monoisotopic (exact) mass is 606 g/mol. The number of amides is 2. The molecule has 3 N–H and O–H groups in total. The fourth-order valence-electron chi connectivity index (χ4n) is 2.99. The number of halogens is 8. The van der Waals surface area contributed by atoms with Gasteiger partial charge in [0.2, 0.25) is 0 Å². The van der Waals surface area contributed by atoms with Crippen molar-refractivity contribution in [1.29, 1.82) is 0 Å². The van der Waals surface area contributed by atoms with Gasteiger partial charge in [-0.2, -0.15) is 26.3 Å². The van der Waals surface area contributed by atoms with Gasteiger partial charge < -0.3 is 9.84 Å². The van der Waals surface area contributed by atoms with Crippen LogP contribution < -0.4 is 10.6 Å². The first-order valence-electron chi connectivity index (χ1n) is 10.8. The molecule has 0 aliphatic rings. The van der Waals surface area contributed by atoms with E-state index in [1.54, 1.807) is 41.5 Å². The molecule has 0 bridgehead atoms. The van der Waals surface area contributed by atoms with E-state index in [-0.39, 0.29) is 22.8 Å². The first kappa shape index (κ1) is 34.0. The van der Waals surface area contributed by atoms with E-state index in [0.29, 0.717) is 6.07 Å². The first-order valence-corrected chi connectivity index (χ1v) is 11.6. The second kappa shape index (κ2) is 12.0. The van der Waals surface area contributed by atoms with E-state index in [1.165, 1.54) is 0 Å². The molecule has 218 valence electrons. The Bertz CT molecular complexity index is 1220. The van der Waals surface area contributed by atoms with E-state index < -0.39 is 56.8 Å². The quantitative estimate of drug-likeness (QED) is 0.234. The van der Waals surface area contributed by atoms with Crippen molar-refractivity contribution in [2.45, 2.75) is 64.7 Å². The molecule has 2 heterocycles. The Morgan fingerprint density at radius 1 is 0.769 bits per heavy atom. The van der Waals surface area contributed by atoms with E-state index in [2.05, 4.69) is 20.0 Å². The van der Waals surface area contributed by atoms with Gasteiger partial charge in [-0.25, -0.2) is 19.6 Å². The number of carbonyl (C=O) groups excluding carboxylic acids is 1. The van der Waals surface area contributed by atoms with E-state index in [1.807, 2.05) is 5.32 Å². The number of alkyl halides is 6. The number of aromatic nitrogens is 2. The van der Waals surface area contributed by atoms with Gasteiger partial charge in [-0.1, -0.05) is 64.7 Å². The van der Waals surface area contributed by atoms with Crippen LogP contribution in [0.2, 0.25) is 10.3 Å². The Balaban J connectivity index is 0.000000391. The van der Waals surface area contributed by atoms with Crippen LogP contribution in [0.5, 0.6) is 0 Å². The van der Waals surface area contributed by atoms with Crippen LogP contribution in [0, 0.1) is 0 Å². The molecular formula is C23H26Cl2F6N4O4. The highest BCUT2D eigenvalue weighted by Crippen LogP contribution is 2.40. The van der Waals surface area contributed by atoms with Crippen molar-refractivity contribution in [3.63, 3.8) is 0 Å². The van der Waals surface area contributed by atoms with Crippen LogP contribution in [0.1, 0.15) is 64.1 Å². The molecule has 0 aliphatic carbocycles. The molecule has 0 spiro atoms. The number of hydrogen-bond acceptors (Lipinski definition) is 5. The normalized spacial score (nSPS) is 12.3. The fourth-order valence-corrected chi connectivity index (χ4v) is 3.48. The summed E-state index contributed by atoms with van der Waals surface area (Å²) >= 11 is 11.1. The number of carbonyl (C=O) groups is 2. The number of hydrogen-bond donors (Lipinski definition) is 3. The lowest BCUT2D eigenvalue weighted by Crippen LogP contribution is -2.22. The first-order chi connectivity index (χ1) is 17.4. The molecule has 16 heteroatoms. The van der Waals surface area contributed by atoms with Crippen molar-refractivity contribution in [1.82, 2.24) is 9.97 Å². The summed E-state index contributed by atoms with van der Waals surface area (Å²) < 4.78 is 80.9. The number of ether oxygens (including phenoxy) is 1. The average molecular weight is 607 g/mol. The smallest absolute Gasteiger partial charge is 0.419 e. The third-order valence-electron chi connectivity index (χ3n) is 4.65. The van der Waals surface area contributed by atoms with Gasteiger partial charge in [0.25, 0.3) is 0 Å². The summed E-state index contributed by atoms with van der Waals surface area (Å²) in [4.78, 5) is 29.3. The summed E-state index contributed by atoms with van der Waals surface area (Å²) in [6.07, 6.45) is -11.7. The van der Waals surface area contributed by atoms with Gasteiger partial charge in [0.05, 0.1) is 41.0 Å². The average Bonchev–Trinajstić information content (AvgIpc) is 2.72. The summed E-state index contributed by atoms with van der Waals surface area (Å²) in [7, 11) is 1.11. The Labute approximate surface area is 230 Å². The summed E-state index contributed by atoms with van der Waals surface area (Å²) in [5, 5.41) is 11.5. The molecule has 0 radical (unpaired) electrons. The largest absolute Gasteiger partial charge is 0.465 e. The lowest BCUT2D eigenvalue weighted by Gasteiger charge is -2.23. The SMILES string of the molecule is CC(C)(C)c1nc(Cl)c(C(F)(F)F)cc1NC(=O)O.COC(=O)Nc1cc(C(F)(F)F)c(Cl)nc1C(C)(C)C. The maximum atomic E-state index is 12.8. The Morgan fingerprint density at radius 3 is 1.36 bits per heavy atom. The molecule has 0 fully saturated rings. The predicted octanol–water partition coefficient (Wildman–Crippen LogP) is 8.37. The molecule has 0 unspecified atom stereocenters. The van der Waals surface area contributed by atoms with Crippen molar-refractivity contribution >= 4 is 46.8 Å². The number of pyridine rings is 2. The standard InChI is InChI=1S/C12H14ClF3N2O2.C11H12ClF3N2O2/c1-11(2,3)8-7(17-10(19)20-4)5-6(9(13)18-8)12(14,15)16;1-10(2,3)7-6(16-9(18)19)4-5(8(12)17-7)11(13,14)15/h5H,1-4H3,(H,17,19);4,16H,1-3H3,(H,18,19). The summed E-state index contributed by atoms with van der Waals surface area (Å²) in [5.74, 6) is 0. The van der Waals surface area contributed by atoms with Crippen LogP contribution in [-0.4, -0.2) is 34.4 Å². The number of nitrogens with zero attached hydrogens (tertiary/aromatic N) is 2. The topological polar surface area (TPSA) is 113 Å². The van der Waals surface area contributed by atoms with Crippen LogP contribution >= 0.6 is 23.2 Å². The van der Waals surface area contributed by atoms with Crippen molar-refractivity contribution in [2.24, 2.45) is 0 Å². The number of methoxy groups -OCH3 is 1. The molecule has 0 saturated carbocycles. The Hall–Kier alpha value is -3.00. The summed E-state index contributed by atoms with van der Waals surface area (Å²) in [6, 6.07) is 1.41. The molecule has 0 aliphatic heterocycles. The maximum Gasteiger partial charge on any atom is 0.419 e. The zero-order chi connectivity index (χ0) is 30.7. The minimum Gasteiger partial charge on any atom is -0.465 e. The minimum absolute atomic E-state index is 0.0823. The van der Waals surface area contributed by atoms with Gasteiger partial charge >= 0.3 is 24.5 Å². The molecule has 0 aromatic carbocycles. The second-order valence-corrected chi connectivity index (χ2v) is 10.7. The van der Waals surface area contributed by atoms with Crippen LogP contribution in [0.3, 0.4) is 0 Å². The van der Waals surface area contributed by atoms with Crippen molar-refractivity contribution in [2.75, 3.05) is 17.7 Å². The molecule has 2 aromatic heterocycles. The van der Waals surface area contributed by atoms with Crippen molar-refractivity contribution in [3.8, 4) is 0 Å². The number of nitrogens with one attached hydrogen (secondary N) is 2. The van der Waals surface area contributed by atoms with E-state index in [0.717, 1.165) is 13.2 Å². The molecule has 39 heavy (non-hydrogen) atoms. The van der Waals surface area contributed by atoms with Crippen molar-refractivity contribution < 1.29 is 45.8 Å². The molecule has 8 nitrogen and oxygen atoms in total. The number of anilines is 2. The molecule has 2 rings (SSSR count). The number of carboxylic acid groups (broad SMARTS) is 1. The van der Waals surface area contributed by atoms with Gasteiger partial charge in [-0.15, -0.1) is 0 Å². The van der Waals surface area contributed by atoms with Gasteiger partial charge in [0, 0.05) is 10.8 Å². The highest BCUT2D eigenvalue weighted by atomic mass is 35.5. The highest BCUT2D eigenvalue weighted by molar-refractivity contribution is 6.30. The molecule has 0 atom stereocenters. The summed E-state index contributed by atoms with van der Waals surface area (Å²) in [6.45, 7) is 10.3. The van der Waals surface area contributed by atoms with E-state index in [9.17, 15) is 35.9 Å². The zero-order valence-corrected chi connectivity index (χ0v) is 23.3. The van der Waals surface area contributed by atoms with E-state index in [4.69, 9.17) is 28.3 Å². The third-order valence-corrected chi connectivity index (χ3v) is 5.22. The molecular weight excluding hydrogens is 581 g/mol. The lowest BCUT2D eigenvalue weighted by molar-refractivity contribution is -0.138. The molecule has 0 saturated heterocycles. The van der Waals surface area contributed by atoms with Crippen LogP contribution in [-0.2, 0) is 27.9 Å².